The van der Waals surface area contributed by atoms with E-state index in [0.29, 0.717) is 29.6 Å². The number of benzene rings is 1. The average molecular weight is 380 g/mol. The van der Waals surface area contributed by atoms with Crippen molar-refractivity contribution in [1.82, 2.24) is 19.6 Å². The predicted octanol–water partition coefficient (Wildman–Crippen LogP) is 1.11. The summed E-state index contributed by atoms with van der Waals surface area (Å²) in [5.41, 5.74) is 6.05. The number of hydrogen-bond acceptors (Lipinski definition) is 5. The van der Waals surface area contributed by atoms with Crippen molar-refractivity contribution in [2.75, 3.05) is 33.2 Å². The van der Waals surface area contributed by atoms with Gasteiger partial charge in [0.25, 0.3) is 11.5 Å². The largest absolute Gasteiger partial charge is 0.330 e. The number of amides is 1. The van der Waals surface area contributed by atoms with Crippen LogP contribution in [-0.4, -0.2) is 64.8 Å². The summed E-state index contributed by atoms with van der Waals surface area (Å²) in [4.78, 5) is 29.8. The number of fused-ring (bicyclic) bond motifs is 1. The van der Waals surface area contributed by atoms with Gasteiger partial charge in [0.2, 0.25) is 0 Å². The molecule has 26 heavy (non-hydrogen) atoms. The van der Waals surface area contributed by atoms with Crippen LogP contribution in [0.2, 0.25) is 0 Å². The summed E-state index contributed by atoms with van der Waals surface area (Å²) in [5, 5.41) is 5.54. The molecule has 1 atom stereocenters. The lowest BCUT2D eigenvalue weighted by atomic mass is 10.1. The summed E-state index contributed by atoms with van der Waals surface area (Å²) in [6.45, 7) is 6.31. The second kappa shape index (κ2) is 8.16. The molecule has 2 heterocycles. The lowest BCUT2D eigenvalue weighted by Gasteiger charge is -2.39. The van der Waals surface area contributed by atoms with Gasteiger partial charge in [0, 0.05) is 31.6 Å². The molecule has 7 nitrogen and oxygen atoms in total. The normalized spacial score (nSPS) is 18.2. The number of rotatable bonds is 3. The fourth-order valence-electron chi connectivity index (χ4n) is 3.33. The molecule has 3 rings (SSSR count). The summed E-state index contributed by atoms with van der Waals surface area (Å²) in [5.74, 6) is -0.158. The molecule has 0 aliphatic carbocycles. The maximum Gasteiger partial charge on any atom is 0.275 e. The van der Waals surface area contributed by atoms with Crippen molar-refractivity contribution in [3.63, 3.8) is 0 Å². The van der Waals surface area contributed by atoms with Gasteiger partial charge in [-0.15, -0.1) is 12.4 Å². The minimum atomic E-state index is -0.170. The number of nitrogens with zero attached hydrogens (tertiary/aromatic N) is 4. The molecule has 1 aliphatic rings. The molecule has 0 spiro atoms. The Bertz CT molecular complexity index is 851. The molecule has 8 heteroatoms. The Labute approximate surface area is 159 Å². The number of aromatic nitrogens is 2. The Morgan fingerprint density at radius 3 is 2.54 bits per heavy atom. The Morgan fingerprint density at radius 1 is 1.27 bits per heavy atom. The monoisotopic (exact) mass is 379 g/mol. The Morgan fingerprint density at radius 2 is 1.92 bits per heavy atom. The van der Waals surface area contributed by atoms with E-state index < -0.39 is 0 Å². The summed E-state index contributed by atoms with van der Waals surface area (Å²) < 4.78 is 1.39. The van der Waals surface area contributed by atoms with Gasteiger partial charge in [0.05, 0.1) is 17.5 Å². The van der Waals surface area contributed by atoms with Crippen LogP contribution in [0.15, 0.2) is 29.1 Å². The highest BCUT2D eigenvalue weighted by molar-refractivity contribution is 6.05. The molecule has 2 N–H and O–H groups in total. The van der Waals surface area contributed by atoms with E-state index in [4.69, 9.17) is 5.73 Å². The standard InChI is InChI=1S/C18H25N5O2.ClH/c1-12(2)23-17(24)15-7-5-4-6-14(15)16(20-23)18(25)22-9-8-21(3)11-13(22)10-19;/h4-7,12-13H,8-11,19H2,1-3H3;1H. The zero-order valence-electron chi connectivity index (χ0n) is 15.4. The molecule has 142 valence electrons. The van der Waals surface area contributed by atoms with Crippen LogP contribution in [0.1, 0.15) is 30.4 Å². The van der Waals surface area contributed by atoms with E-state index in [9.17, 15) is 9.59 Å². The molecular formula is C18H26ClN5O2. The number of piperazine rings is 1. The fraction of sp³-hybridized carbons (Fsp3) is 0.500. The van der Waals surface area contributed by atoms with Crippen molar-refractivity contribution in [3.8, 4) is 0 Å². The van der Waals surface area contributed by atoms with Crippen molar-refractivity contribution < 1.29 is 4.79 Å². The Balaban J connectivity index is 0.00000243. The first-order chi connectivity index (χ1) is 11.9. The molecule has 0 saturated carbocycles. The van der Waals surface area contributed by atoms with Crippen LogP contribution in [0.25, 0.3) is 10.8 Å². The van der Waals surface area contributed by atoms with Crippen molar-refractivity contribution in [3.05, 3.63) is 40.3 Å². The first-order valence-electron chi connectivity index (χ1n) is 8.65. The second-order valence-corrected chi connectivity index (χ2v) is 6.89. The number of hydrogen-bond donors (Lipinski definition) is 1. The van der Waals surface area contributed by atoms with Crippen molar-refractivity contribution in [1.29, 1.82) is 0 Å². The van der Waals surface area contributed by atoms with Gasteiger partial charge in [-0.2, -0.15) is 5.10 Å². The molecule has 1 aliphatic heterocycles. The number of halogens is 1. The summed E-state index contributed by atoms with van der Waals surface area (Å²) >= 11 is 0. The molecule has 1 unspecified atom stereocenters. The third kappa shape index (κ3) is 3.60. The molecule has 1 fully saturated rings. The summed E-state index contributed by atoms with van der Waals surface area (Å²) in [6.07, 6.45) is 0. The van der Waals surface area contributed by atoms with Crippen LogP contribution in [0.3, 0.4) is 0 Å². The maximum atomic E-state index is 13.2. The highest BCUT2D eigenvalue weighted by Gasteiger charge is 2.31. The van der Waals surface area contributed by atoms with E-state index in [1.54, 1.807) is 23.1 Å². The second-order valence-electron chi connectivity index (χ2n) is 6.89. The predicted molar refractivity (Wildman–Crippen MR) is 105 cm³/mol. The summed E-state index contributed by atoms with van der Waals surface area (Å²) in [6, 6.07) is 6.99. The van der Waals surface area contributed by atoms with Crippen LogP contribution < -0.4 is 11.3 Å². The zero-order valence-corrected chi connectivity index (χ0v) is 16.2. The molecule has 0 bridgehead atoms. The molecule has 1 saturated heterocycles. The third-order valence-electron chi connectivity index (χ3n) is 4.74. The van der Waals surface area contributed by atoms with E-state index in [1.165, 1.54) is 4.68 Å². The van der Waals surface area contributed by atoms with Crippen molar-refractivity contribution in [2.24, 2.45) is 5.73 Å². The van der Waals surface area contributed by atoms with E-state index in [2.05, 4.69) is 10.00 Å². The van der Waals surface area contributed by atoms with Crippen LogP contribution in [0.4, 0.5) is 0 Å². The van der Waals surface area contributed by atoms with Crippen LogP contribution >= 0.6 is 12.4 Å². The SMILES string of the molecule is CC(C)n1nc(C(=O)N2CCN(C)CC2CN)c2ccccc2c1=O.Cl. The molecule has 2 aromatic rings. The van der Waals surface area contributed by atoms with Gasteiger partial charge < -0.3 is 15.5 Å². The van der Waals surface area contributed by atoms with Crippen LogP contribution in [0, 0.1) is 0 Å². The lowest BCUT2D eigenvalue weighted by molar-refractivity contribution is 0.0509. The molecule has 1 aromatic carbocycles. The summed E-state index contributed by atoms with van der Waals surface area (Å²) in [7, 11) is 2.02. The van der Waals surface area contributed by atoms with E-state index in [0.717, 1.165) is 13.1 Å². The highest BCUT2D eigenvalue weighted by Crippen LogP contribution is 2.19. The average Bonchev–Trinajstić information content (AvgIpc) is 2.61. The van der Waals surface area contributed by atoms with Gasteiger partial charge in [-0.3, -0.25) is 9.59 Å². The quantitative estimate of drug-likeness (QED) is 0.863. The Kier molecular flexibility index (Phi) is 6.39. The number of carbonyl (C=O) groups is 1. The third-order valence-corrected chi connectivity index (χ3v) is 4.74. The molecule has 1 aromatic heterocycles. The topological polar surface area (TPSA) is 84.5 Å². The van der Waals surface area contributed by atoms with Crippen LogP contribution in [-0.2, 0) is 0 Å². The van der Waals surface area contributed by atoms with E-state index in [-0.39, 0.29) is 36.0 Å². The van der Waals surface area contributed by atoms with E-state index >= 15 is 0 Å². The molecular weight excluding hydrogens is 354 g/mol. The van der Waals surface area contributed by atoms with E-state index in [1.807, 2.05) is 27.0 Å². The minimum Gasteiger partial charge on any atom is -0.330 e. The minimum absolute atomic E-state index is 0. The van der Waals surface area contributed by atoms with Gasteiger partial charge in [-0.1, -0.05) is 18.2 Å². The fourth-order valence-corrected chi connectivity index (χ4v) is 3.33. The number of nitrogens with two attached hydrogens (primary N) is 1. The van der Waals surface area contributed by atoms with Crippen LogP contribution in [0.5, 0.6) is 0 Å². The highest BCUT2D eigenvalue weighted by atomic mass is 35.5. The Hall–Kier alpha value is -1.96. The van der Waals surface area contributed by atoms with Crippen molar-refractivity contribution >= 4 is 29.1 Å². The number of likely N-dealkylation sites (N-methyl/N-ethyl adjacent to an activating group) is 1. The molecule has 1 amide bonds. The van der Waals surface area contributed by atoms with Gasteiger partial charge in [0.1, 0.15) is 0 Å². The number of carbonyl (C=O) groups excluding carboxylic acids is 1. The first-order valence-corrected chi connectivity index (χ1v) is 8.65. The maximum absolute atomic E-state index is 13.2. The molecule has 0 radical (unpaired) electrons. The lowest BCUT2D eigenvalue weighted by Crippen LogP contribution is -2.57. The van der Waals surface area contributed by atoms with Crippen molar-refractivity contribution in [2.45, 2.75) is 25.9 Å². The van der Waals surface area contributed by atoms with Gasteiger partial charge in [-0.25, -0.2) is 4.68 Å². The van der Waals surface area contributed by atoms with Gasteiger partial charge in [-0.05, 0) is 27.0 Å². The smallest absolute Gasteiger partial charge is 0.275 e. The van der Waals surface area contributed by atoms with Gasteiger partial charge >= 0.3 is 0 Å². The van der Waals surface area contributed by atoms with Gasteiger partial charge in [0.15, 0.2) is 5.69 Å². The first kappa shape index (κ1) is 20.4. The zero-order chi connectivity index (χ0) is 18.1.